The van der Waals surface area contributed by atoms with E-state index >= 15 is 0 Å². The van der Waals surface area contributed by atoms with Crippen LogP contribution in [-0.2, 0) is 0 Å². The zero-order valence-electron chi connectivity index (χ0n) is 10.2. The Balaban J connectivity index is 2.23. The molecule has 1 fully saturated rings. The normalized spacial score (nSPS) is 17.2. The Hall–Kier alpha value is -0.770. The van der Waals surface area contributed by atoms with E-state index in [1.807, 2.05) is 7.05 Å². The molecule has 0 radical (unpaired) electrons. The molecule has 2 N–H and O–H groups in total. The molecule has 0 aromatic rings. The molecule has 0 saturated heterocycles. The van der Waals surface area contributed by atoms with Gasteiger partial charge in [0.1, 0.15) is 0 Å². The third-order valence-electron chi connectivity index (χ3n) is 3.04. The van der Waals surface area contributed by atoms with Crippen LogP contribution in [0.1, 0.15) is 26.7 Å². The Kier molecular flexibility index (Phi) is 4.88. The van der Waals surface area contributed by atoms with Gasteiger partial charge in [0.25, 0.3) is 0 Å². The van der Waals surface area contributed by atoms with Crippen molar-refractivity contribution in [2.45, 2.75) is 32.7 Å². The van der Waals surface area contributed by atoms with E-state index in [0.717, 1.165) is 26.2 Å². The number of nitrogens with two attached hydrogens (primary N) is 1. The molecular weight excluding hydrogens is 188 g/mol. The van der Waals surface area contributed by atoms with Crippen LogP contribution in [0, 0.1) is 0 Å². The lowest BCUT2D eigenvalue weighted by molar-refractivity contribution is 0.312. The summed E-state index contributed by atoms with van der Waals surface area (Å²) in [4.78, 5) is 8.85. The first-order valence-corrected chi connectivity index (χ1v) is 5.94. The minimum absolute atomic E-state index is 0.655. The highest BCUT2D eigenvalue weighted by molar-refractivity contribution is 5.78. The molecule has 0 amide bonds. The van der Waals surface area contributed by atoms with Gasteiger partial charge in [0.15, 0.2) is 5.96 Å². The first-order valence-electron chi connectivity index (χ1n) is 5.94. The third-order valence-corrected chi connectivity index (χ3v) is 3.04. The Labute approximate surface area is 93.1 Å². The number of nitrogens with zero attached hydrogens (tertiary/aromatic N) is 3. The molecule has 0 aromatic carbocycles. The number of likely N-dealkylation sites (N-methyl/N-ethyl adjacent to an activating group) is 1. The van der Waals surface area contributed by atoms with Gasteiger partial charge in [0.05, 0.1) is 6.54 Å². The second-order valence-corrected chi connectivity index (χ2v) is 4.11. The molecule has 88 valence electrons. The summed E-state index contributed by atoms with van der Waals surface area (Å²) in [5, 5.41) is 0. The number of aliphatic imine (C=N–C) groups is 1. The Morgan fingerprint density at radius 1 is 1.33 bits per heavy atom. The molecule has 0 aliphatic heterocycles. The second kappa shape index (κ2) is 5.95. The fraction of sp³-hybridized carbons (Fsp3) is 0.909. The first-order chi connectivity index (χ1) is 7.19. The molecule has 4 nitrogen and oxygen atoms in total. The SMILES string of the molecule is CCN(CC)CCN=C(N)N(C)C1CC1. The number of hydrogen-bond acceptors (Lipinski definition) is 2. The molecule has 1 saturated carbocycles. The summed E-state index contributed by atoms with van der Waals surface area (Å²) in [6.45, 7) is 8.34. The van der Waals surface area contributed by atoms with E-state index in [9.17, 15) is 0 Å². The lowest BCUT2D eigenvalue weighted by atomic mass is 10.5. The van der Waals surface area contributed by atoms with Gasteiger partial charge in [0.2, 0.25) is 0 Å². The van der Waals surface area contributed by atoms with Gasteiger partial charge < -0.3 is 15.5 Å². The van der Waals surface area contributed by atoms with Crippen LogP contribution in [0.5, 0.6) is 0 Å². The smallest absolute Gasteiger partial charge is 0.191 e. The maximum atomic E-state index is 5.88. The van der Waals surface area contributed by atoms with Crippen molar-refractivity contribution in [3.05, 3.63) is 0 Å². The van der Waals surface area contributed by atoms with E-state index < -0.39 is 0 Å². The van der Waals surface area contributed by atoms with Crippen LogP contribution < -0.4 is 5.73 Å². The predicted molar refractivity (Wildman–Crippen MR) is 65.1 cm³/mol. The number of guanidine groups is 1. The maximum Gasteiger partial charge on any atom is 0.191 e. The lowest BCUT2D eigenvalue weighted by Crippen LogP contribution is -2.36. The predicted octanol–water partition coefficient (Wildman–Crippen LogP) is 0.737. The standard InChI is InChI=1S/C11H24N4/c1-4-15(5-2)9-8-13-11(12)14(3)10-6-7-10/h10H,4-9H2,1-3H3,(H2,12,13). The summed E-state index contributed by atoms with van der Waals surface area (Å²) in [5.41, 5.74) is 5.88. The van der Waals surface area contributed by atoms with Crippen LogP contribution in [0.15, 0.2) is 4.99 Å². The molecule has 0 spiro atoms. The molecule has 15 heavy (non-hydrogen) atoms. The second-order valence-electron chi connectivity index (χ2n) is 4.11. The van der Waals surface area contributed by atoms with Gasteiger partial charge in [0, 0.05) is 19.6 Å². The maximum absolute atomic E-state index is 5.88. The van der Waals surface area contributed by atoms with Crippen molar-refractivity contribution >= 4 is 5.96 Å². The monoisotopic (exact) mass is 212 g/mol. The summed E-state index contributed by atoms with van der Waals surface area (Å²) in [5.74, 6) is 0.699. The van der Waals surface area contributed by atoms with E-state index in [2.05, 4.69) is 28.6 Å². The highest BCUT2D eigenvalue weighted by Gasteiger charge is 2.27. The largest absolute Gasteiger partial charge is 0.370 e. The molecule has 1 aliphatic carbocycles. The molecule has 0 atom stereocenters. The molecule has 1 rings (SSSR count). The Morgan fingerprint density at radius 3 is 2.40 bits per heavy atom. The Morgan fingerprint density at radius 2 is 1.93 bits per heavy atom. The topological polar surface area (TPSA) is 44.9 Å². The third kappa shape index (κ3) is 4.08. The molecule has 1 aliphatic rings. The van der Waals surface area contributed by atoms with Gasteiger partial charge in [-0.05, 0) is 25.9 Å². The summed E-state index contributed by atoms with van der Waals surface area (Å²) < 4.78 is 0. The summed E-state index contributed by atoms with van der Waals surface area (Å²) in [6, 6.07) is 0.655. The highest BCUT2D eigenvalue weighted by Crippen LogP contribution is 2.24. The van der Waals surface area contributed by atoms with E-state index in [-0.39, 0.29) is 0 Å². The molecule has 4 heteroatoms. The van der Waals surface area contributed by atoms with Crippen molar-refractivity contribution in [2.75, 3.05) is 33.2 Å². The zero-order valence-corrected chi connectivity index (χ0v) is 10.2. The molecule has 0 bridgehead atoms. The van der Waals surface area contributed by atoms with Crippen molar-refractivity contribution in [2.24, 2.45) is 10.7 Å². The van der Waals surface area contributed by atoms with Crippen molar-refractivity contribution in [3.63, 3.8) is 0 Å². The molecular formula is C11H24N4. The molecule has 0 unspecified atom stereocenters. The van der Waals surface area contributed by atoms with Crippen molar-refractivity contribution < 1.29 is 0 Å². The quantitative estimate of drug-likeness (QED) is 0.522. The van der Waals surface area contributed by atoms with Gasteiger partial charge in [-0.15, -0.1) is 0 Å². The summed E-state index contributed by atoms with van der Waals surface area (Å²) >= 11 is 0. The fourth-order valence-electron chi connectivity index (χ4n) is 1.61. The van der Waals surface area contributed by atoms with Crippen LogP contribution in [0.3, 0.4) is 0 Å². The number of rotatable bonds is 6. The van der Waals surface area contributed by atoms with Crippen LogP contribution in [-0.4, -0.2) is 55.0 Å². The molecule has 0 aromatic heterocycles. The molecule has 0 heterocycles. The van der Waals surface area contributed by atoms with Gasteiger partial charge >= 0.3 is 0 Å². The van der Waals surface area contributed by atoms with Crippen LogP contribution in [0.4, 0.5) is 0 Å². The Bertz CT molecular complexity index is 207. The van der Waals surface area contributed by atoms with Crippen LogP contribution >= 0.6 is 0 Å². The number of hydrogen-bond donors (Lipinski definition) is 1. The van der Waals surface area contributed by atoms with Crippen LogP contribution in [0.25, 0.3) is 0 Å². The van der Waals surface area contributed by atoms with Crippen molar-refractivity contribution in [1.82, 2.24) is 9.80 Å². The minimum atomic E-state index is 0.655. The lowest BCUT2D eigenvalue weighted by Gasteiger charge is -2.19. The van der Waals surface area contributed by atoms with Gasteiger partial charge in [-0.1, -0.05) is 13.8 Å². The van der Waals surface area contributed by atoms with E-state index in [0.29, 0.717) is 12.0 Å². The average Bonchev–Trinajstić information content (AvgIpc) is 3.06. The summed E-state index contributed by atoms with van der Waals surface area (Å²) in [6.07, 6.45) is 2.53. The van der Waals surface area contributed by atoms with E-state index in [4.69, 9.17) is 5.73 Å². The minimum Gasteiger partial charge on any atom is -0.370 e. The van der Waals surface area contributed by atoms with Crippen molar-refractivity contribution in [1.29, 1.82) is 0 Å². The van der Waals surface area contributed by atoms with Crippen LogP contribution in [0.2, 0.25) is 0 Å². The van der Waals surface area contributed by atoms with Gasteiger partial charge in [-0.3, -0.25) is 4.99 Å². The fourth-order valence-corrected chi connectivity index (χ4v) is 1.61. The highest BCUT2D eigenvalue weighted by atomic mass is 15.3. The van der Waals surface area contributed by atoms with E-state index in [1.165, 1.54) is 12.8 Å². The van der Waals surface area contributed by atoms with Gasteiger partial charge in [-0.2, -0.15) is 0 Å². The van der Waals surface area contributed by atoms with Crippen molar-refractivity contribution in [3.8, 4) is 0 Å². The first kappa shape index (κ1) is 12.3. The van der Waals surface area contributed by atoms with Gasteiger partial charge in [-0.25, -0.2) is 0 Å². The average molecular weight is 212 g/mol. The van der Waals surface area contributed by atoms with E-state index in [1.54, 1.807) is 0 Å². The zero-order chi connectivity index (χ0) is 11.3. The summed E-state index contributed by atoms with van der Waals surface area (Å²) in [7, 11) is 2.04.